The van der Waals surface area contributed by atoms with Gasteiger partial charge in [-0.05, 0) is 48.1 Å². The van der Waals surface area contributed by atoms with Gasteiger partial charge in [-0.25, -0.2) is 4.98 Å². The van der Waals surface area contributed by atoms with Crippen molar-refractivity contribution in [1.29, 1.82) is 0 Å². The summed E-state index contributed by atoms with van der Waals surface area (Å²) in [5, 5.41) is 4.25. The molecule has 3 heteroatoms. The van der Waals surface area contributed by atoms with Crippen molar-refractivity contribution in [3.8, 4) is 0 Å². The molecule has 0 aliphatic heterocycles. The number of anilines is 1. The summed E-state index contributed by atoms with van der Waals surface area (Å²) in [6, 6.07) is 4.49. The van der Waals surface area contributed by atoms with Crippen LogP contribution in [-0.4, -0.2) is 11.0 Å². The Morgan fingerprint density at radius 1 is 1.39 bits per heavy atom. The van der Waals surface area contributed by atoms with Crippen LogP contribution in [0.1, 0.15) is 40.0 Å². The van der Waals surface area contributed by atoms with Gasteiger partial charge in [0, 0.05) is 17.9 Å². The highest BCUT2D eigenvalue weighted by atomic mass is 35.5. The van der Waals surface area contributed by atoms with Crippen LogP contribution >= 0.6 is 11.6 Å². The molecule has 2 saturated carbocycles. The van der Waals surface area contributed by atoms with Crippen LogP contribution in [0.15, 0.2) is 18.3 Å². The van der Waals surface area contributed by atoms with Crippen LogP contribution < -0.4 is 5.32 Å². The fourth-order valence-electron chi connectivity index (χ4n) is 4.12. The number of nitrogens with one attached hydrogen (secondary N) is 1. The summed E-state index contributed by atoms with van der Waals surface area (Å²) in [5.41, 5.74) is 1.94. The van der Waals surface area contributed by atoms with E-state index >= 15 is 0 Å². The normalized spacial score (nSPS) is 36.9. The Bertz CT molecular complexity index is 471. The molecule has 3 rings (SSSR count). The lowest BCUT2D eigenvalue weighted by Gasteiger charge is -2.39. The number of hydrogen-bond acceptors (Lipinski definition) is 2. The maximum atomic E-state index is 5.95. The summed E-state index contributed by atoms with van der Waals surface area (Å²) < 4.78 is 0. The van der Waals surface area contributed by atoms with Crippen molar-refractivity contribution < 1.29 is 0 Å². The van der Waals surface area contributed by atoms with Crippen LogP contribution in [0.4, 0.5) is 5.69 Å². The second-order valence-electron chi connectivity index (χ2n) is 6.67. The number of rotatable bonds is 2. The predicted molar refractivity (Wildman–Crippen MR) is 75.9 cm³/mol. The zero-order valence-corrected chi connectivity index (χ0v) is 12.1. The Balaban J connectivity index is 1.84. The molecular weight excluding hydrogens is 244 g/mol. The number of nitrogens with zero attached hydrogens (tertiary/aromatic N) is 1. The molecule has 0 amide bonds. The molecule has 1 heterocycles. The van der Waals surface area contributed by atoms with Gasteiger partial charge in [-0.3, -0.25) is 0 Å². The van der Waals surface area contributed by atoms with Crippen molar-refractivity contribution in [2.24, 2.45) is 16.7 Å². The van der Waals surface area contributed by atoms with Crippen molar-refractivity contribution in [2.75, 3.05) is 5.32 Å². The number of aromatic nitrogens is 1. The van der Waals surface area contributed by atoms with Crippen molar-refractivity contribution in [1.82, 2.24) is 4.98 Å². The number of pyridine rings is 1. The van der Waals surface area contributed by atoms with E-state index in [1.165, 1.54) is 19.3 Å². The summed E-state index contributed by atoms with van der Waals surface area (Å²) >= 11 is 5.95. The van der Waals surface area contributed by atoms with E-state index in [-0.39, 0.29) is 0 Å². The average Bonchev–Trinajstić information content (AvgIpc) is 2.62. The SMILES string of the molecule is CC1(C)C2CCC1(C)C(Nc1ccnc(Cl)c1)C2. The van der Waals surface area contributed by atoms with Gasteiger partial charge < -0.3 is 5.32 Å². The van der Waals surface area contributed by atoms with E-state index in [1.54, 1.807) is 6.20 Å². The third kappa shape index (κ3) is 1.58. The molecule has 1 aromatic rings. The van der Waals surface area contributed by atoms with Gasteiger partial charge in [0.1, 0.15) is 5.15 Å². The first-order valence-electron chi connectivity index (χ1n) is 6.81. The van der Waals surface area contributed by atoms with Crippen LogP contribution in [0.2, 0.25) is 5.15 Å². The molecule has 2 fully saturated rings. The average molecular weight is 265 g/mol. The fourth-order valence-corrected chi connectivity index (χ4v) is 4.29. The first kappa shape index (κ1) is 12.3. The summed E-state index contributed by atoms with van der Waals surface area (Å²) in [5.74, 6) is 0.859. The number of halogens is 1. The molecule has 3 unspecified atom stereocenters. The van der Waals surface area contributed by atoms with Crippen LogP contribution in [0.25, 0.3) is 0 Å². The molecule has 0 aromatic carbocycles. The van der Waals surface area contributed by atoms with E-state index in [1.807, 2.05) is 12.1 Å². The Kier molecular flexibility index (Phi) is 2.64. The molecule has 98 valence electrons. The van der Waals surface area contributed by atoms with Gasteiger partial charge in [0.2, 0.25) is 0 Å². The molecule has 2 nitrogen and oxygen atoms in total. The van der Waals surface area contributed by atoms with Crippen molar-refractivity contribution in [3.05, 3.63) is 23.5 Å². The zero-order valence-electron chi connectivity index (χ0n) is 11.3. The van der Waals surface area contributed by atoms with Gasteiger partial charge >= 0.3 is 0 Å². The minimum atomic E-state index is 0.396. The molecular formula is C15H21ClN2. The summed E-state index contributed by atoms with van der Waals surface area (Å²) in [6.45, 7) is 7.32. The van der Waals surface area contributed by atoms with E-state index < -0.39 is 0 Å². The number of fused-ring (bicyclic) bond motifs is 2. The lowest BCUT2D eigenvalue weighted by molar-refractivity contribution is 0.142. The molecule has 2 aliphatic rings. The molecule has 1 N–H and O–H groups in total. The summed E-state index contributed by atoms with van der Waals surface area (Å²) in [4.78, 5) is 4.03. The van der Waals surface area contributed by atoms with Crippen LogP contribution in [0, 0.1) is 16.7 Å². The van der Waals surface area contributed by atoms with E-state index in [0.29, 0.717) is 22.0 Å². The third-order valence-corrected chi connectivity index (χ3v) is 6.07. The number of hydrogen-bond donors (Lipinski definition) is 1. The second kappa shape index (κ2) is 3.86. The van der Waals surface area contributed by atoms with Gasteiger partial charge in [-0.15, -0.1) is 0 Å². The Hall–Kier alpha value is -0.760. The van der Waals surface area contributed by atoms with Gasteiger partial charge in [0.15, 0.2) is 0 Å². The highest BCUT2D eigenvalue weighted by Crippen LogP contribution is 2.65. The third-order valence-electron chi connectivity index (χ3n) is 5.86. The van der Waals surface area contributed by atoms with Crippen LogP contribution in [0.5, 0.6) is 0 Å². The fraction of sp³-hybridized carbons (Fsp3) is 0.667. The van der Waals surface area contributed by atoms with E-state index in [2.05, 4.69) is 31.1 Å². The predicted octanol–water partition coefficient (Wildman–Crippen LogP) is 4.36. The van der Waals surface area contributed by atoms with E-state index in [0.717, 1.165) is 11.6 Å². The summed E-state index contributed by atoms with van der Waals surface area (Å²) in [6.07, 6.45) is 5.77. The van der Waals surface area contributed by atoms with Gasteiger partial charge in [0.05, 0.1) is 0 Å². The van der Waals surface area contributed by atoms with Gasteiger partial charge in [-0.1, -0.05) is 32.4 Å². The maximum Gasteiger partial charge on any atom is 0.131 e. The molecule has 18 heavy (non-hydrogen) atoms. The molecule has 2 bridgehead atoms. The van der Waals surface area contributed by atoms with Crippen molar-refractivity contribution >= 4 is 17.3 Å². The quantitative estimate of drug-likeness (QED) is 0.803. The highest BCUT2D eigenvalue weighted by molar-refractivity contribution is 6.29. The molecule has 1 aromatic heterocycles. The largest absolute Gasteiger partial charge is 0.382 e. The van der Waals surface area contributed by atoms with Crippen molar-refractivity contribution in [2.45, 2.75) is 46.1 Å². The van der Waals surface area contributed by atoms with Gasteiger partial charge in [0.25, 0.3) is 0 Å². The molecule has 2 aliphatic carbocycles. The smallest absolute Gasteiger partial charge is 0.131 e. The Morgan fingerprint density at radius 3 is 2.72 bits per heavy atom. The minimum absolute atomic E-state index is 0.396. The van der Waals surface area contributed by atoms with Crippen LogP contribution in [-0.2, 0) is 0 Å². The lowest BCUT2D eigenvalue weighted by atomic mass is 9.69. The summed E-state index contributed by atoms with van der Waals surface area (Å²) in [7, 11) is 0. The molecule has 0 spiro atoms. The first-order valence-corrected chi connectivity index (χ1v) is 7.19. The molecule has 0 radical (unpaired) electrons. The molecule has 0 saturated heterocycles. The monoisotopic (exact) mass is 264 g/mol. The maximum absolute atomic E-state index is 5.95. The topological polar surface area (TPSA) is 24.9 Å². The Morgan fingerprint density at radius 2 is 2.17 bits per heavy atom. The zero-order chi connectivity index (χ0) is 13.0. The Labute approximate surface area is 114 Å². The van der Waals surface area contributed by atoms with E-state index in [9.17, 15) is 0 Å². The lowest BCUT2D eigenvalue weighted by Crippen LogP contribution is -2.40. The van der Waals surface area contributed by atoms with Gasteiger partial charge in [-0.2, -0.15) is 0 Å². The highest BCUT2D eigenvalue weighted by Gasteiger charge is 2.61. The van der Waals surface area contributed by atoms with Crippen molar-refractivity contribution in [3.63, 3.8) is 0 Å². The minimum Gasteiger partial charge on any atom is -0.382 e. The molecule has 3 atom stereocenters. The van der Waals surface area contributed by atoms with E-state index in [4.69, 9.17) is 11.6 Å². The van der Waals surface area contributed by atoms with Crippen LogP contribution in [0.3, 0.4) is 0 Å². The second-order valence-corrected chi connectivity index (χ2v) is 7.06. The first-order chi connectivity index (χ1) is 8.43. The standard InChI is InChI=1S/C15H21ClN2/c1-14(2)10-4-6-15(14,3)12(8-10)18-11-5-7-17-13(16)9-11/h5,7,9-10,12H,4,6,8H2,1-3H3,(H,17,18).